The van der Waals surface area contributed by atoms with Crippen LogP contribution in [0.25, 0.3) is 5.76 Å². The normalized spacial score (nSPS) is 18.1. The maximum absolute atomic E-state index is 12.9. The van der Waals surface area contributed by atoms with Crippen molar-refractivity contribution < 1.29 is 24.2 Å². The van der Waals surface area contributed by atoms with Gasteiger partial charge in [0.25, 0.3) is 11.7 Å². The van der Waals surface area contributed by atoms with Crippen molar-refractivity contribution in [3.8, 4) is 5.75 Å². The molecule has 7 heteroatoms. The monoisotopic (exact) mass is 410 g/mol. The number of ether oxygens (including phenoxy) is 2. The van der Waals surface area contributed by atoms with E-state index in [4.69, 9.17) is 9.47 Å². The van der Waals surface area contributed by atoms with Gasteiger partial charge in [-0.05, 0) is 48.7 Å². The number of nitrogens with zero attached hydrogens (tertiary/aromatic N) is 2. The number of methoxy groups -OCH3 is 1. The summed E-state index contributed by atoms with van der Waals surface area (Å²) in [5, 5.41) is 11.0. The molecule has 0 aliphatic carbocycles. The molecule has 30 heavy (non-hydrogen) atoms. The van der Waals surface area contributed by atoms with E-state index in [9.17, 15) is 14.7 Å². The zero-order chi connectivity index (χ0) is 21.5. The zero-order valence-electron chi connectivity index (χ0n) is 17.2. The van der Waals surface area contributed by atoms with Gasteiger partial charge in [-0.3, -0.25) is 14.6 Å². The number of hydrogen-bond acceptors (Lipinski definition) is 6. The molecule has 1 fully saturated rings. The third-order valence-corrected chi connectivity index (χ3v) is 4.89. The highest BCUT2D eigenvalue weighted by Gasteiger charge is 2.45. The van der Waals surface area contributed by atoms with Gasteiger partial charge in [0.15, 0.2) is 0 Å². The molecule has 1 aromatic heterocycles. The maximum Gasteiger partial charge on any atom is 0.295 e. The number of aliphatic hydroxyl groups is 1. The lowest BCUT2D eigenvalue weighted by Crippen LogP contribution is -2.31. The van der Waals surface area contributed by atoms with Crippen LogP contribution < -0.4 is 4.74 Å². The Morgan fingerprint density at radius 1 is 1.17 bits per heavy atom. The third kappa shape index (κ3) is 4.52. The zero-order valence-corrected chi connectivity index (χ0v) is 17.2. The van der Waals surface area contributed by atoms with Crippen molar-refractivity contribution in [2.45, 2.75) is 25.8 Å². The lowest BCUT2D eigenvalue weighted by Gasteiger charge is -2.25. The molecule has 1 aliphatic heterocycles. The van der Waals surface area contributed by atoms with Crippen LogP contribution >= 0.6 is 0 Å². The summed E-state index contributed by atoms with van der Waals surface area (Å²) >= 11 is 0. The van der Waals surface area contributed by atoms with E-state index >= 15 is 0 Å². The SMILES string of the molecule is CCCOc1ccc(/C(O)=C2\C(=O)C(=O)N(CCCOC)[C@@H]2c2cccnc2)cc1. The Kier molecular flexibility index (Phi) is 7.19. The van der Waals surface area contributed by atoms with Gasteiger partial charge in [0.05, 0.1) is 18.2 Å². The van der Waals surface area contributed by atoms with E-state index < -0.39 is 17.7 Å². The quantitative estimate of drug-likeness (QED) is 0.295. The molecule has 1 N–H and O–H groups in total. The number of rotatable bonds is 9. The molecule has 0 bridgehead atoms. The first-order chi connectivity index (χ1) is 14.6. The van der Waals surface area contributed by atoms with Gasteiger partial charge in [-0.25, -0.2) is 0 Å². The minimum absolute atomic E-state index is 0.0626. The van der Waals surface area contributed by atoms with Gasteiger partial charge in [0, 0.05) is 38.2 Å². The van der Waals surface area contributed by atoms with Gasteiger partial charge in [-0.1, -0.05) is 13.0 Å². The number of aromatic nitrogens is 1. The molecule has 0 spiro atoms. The maximum atomic E-state index is 12.9. The molecule has 0 saturated carbocycles. The van der Waals surface area contributed by atoms with Crippen molar-refractivity contribution in [3.63, 3.8) is 0 Å². The van der Waals surface area contributed by atoms with Crippen LogP contribution in [0.3, 0.4) is 0 Å². The molecular weight excluding hydrogens is 384 g/mol. The number of pyridine rings is 1. The summed E-state index contributed by atoms with van der Waals surface area (Å²) in [4.78, 5) is 31.2. The molecule has 0 radical (unpaired) electrons. The van der Waals surface area contributed by atoms with Crippen LogP contribution in [0, 0.1) is 0 Å². The summed E-state index contributed by atoms with van der Waals surface area (Å²) in [5.74, 6) is -0.870. The standard InChI is InChI=1S/C23H26N2O5/c1-3-13-30-18-9-7-16(8-10-18)21(26)19-20(17-6-4-11-24-15-17)25(12-5-14-29-2)23(28)22(19)27/h4,6-11,15,20,26H,3,5,12-14H2,1-2H3/b21-19+/t20-/m1/s1. The molecule has 1 aromatic carbocycles. The first-order valence-electron chi connectivity index (χ1n) is 9.99. The second-order valence-corrected chi connectivity index (χ2v) is 7.00. The highest BCUT2D eigenvalue weighted by atomic mass is 16.5. The molecule has 1 aliphatic rings. The summed E-state index contributed by atoms with van der Waals surface area (Å²) in [7, 11) is 1.58. The van der Waals surface area contributed by atoms with Crippen molar-refractivity contribution in [1.29, 1.82) is 0 Å². The number of aliphatic hydroxyl groups excluding tert-OH is 1. The summed E-state index contributed by atoms with van der Waals surface area (Å²) in [6, 6.07) is 9.66. The van der Waals surface area contributed by atoms with E-state index in [-0.39, 0.29) is 11.3 Å². The Labute approximate surface area is 175 Å². The van der Waals surface area contributed by atoms with Crippen LogP contribution in [0.5, 0.6) is 5.75 Å². The van der Waals surface area contributed by atoms with Crippen molar-refractivity contribution in [1.82, 2.24) is 9.88 Å². The molecule has 0 unspecified atom stereocenters. The Morgan fingerprint density at radius 2 is 1.93 bits per heavy atom. The van der Waals surface area contributed by atoms with Crippen LogP contribution in [-0.2, 0) is 14.3 Å². The Morgan fingerprint density at radius 3 is 2.57 bits per heavy atom. The first-order valence-corrected chi connectivity index (χ1v) is 9.99. The van der Waals surface area contributed by atoms with Crippen LogP contribution in [0.15, 0.2) is 54.4 Å². The van der Waals surface area contributed by atoms with Gasteiger partial charge in [0.2, 0.25) is 0 Å². The highest BCUT2D eigenvalue weighted by Crippen LogP contribution is 2.39. The van der Waals surface area contributed by atoms with Crippen LogP contribution in [-0.4, -0.2) is 53.5 Å². The number of likely N-dealkylation sites (tertiary alicyclic amines) is 1. The minimum atomic E-state index is -0.704. The number of ketones is 1. The highest BCUT2D eigenvalue weighted by molar-refractivity contribution is 6.46. The van der Waals surface area contributed by atoms with Crippen LogP contribution in [0.2, 0.25) is 0 Å². The van der Waals surface area contributed by atoms with E-state index in [2.05, 4.69) is 4.98 Å². The van der Waals surface area contributed by atoms with Gasteiger partial charge < -0.3 is 19.5 Å². The van der Waals surface area contributed by atoms with E-state index in [0.717, 1.165) is 6.42 Å². The van der Waals surface area contributed by atoms with Gasteiger partial charge >= 0.3 is 0 Å². The van der Waals surface area contributed by atoms with E-state index in [0.29, 0.717) is 43.1 Å². The third-order valence-electron chi connectivity index (χ3n) is 4.89. The molecule has 1 amide bonds. The van der Waals surface area contributed by atoms with Crippen LogP contribution in [0.1, 0.15) is 36.9 Å². The molecule has 1 atom stereocenters. The second-order valence-electron chi connectivity index (χ2n) is 7.00. The van der Waals surface area contributed by atoms with Crippen LogP contribution in [0.4, 0.5) is 0 Å². The van der Waals surface area contributed by atoms with Crippen molar-refractivity contribution in [3.05, 3.63) is 65.5 Å². The van der Waals surface area contributed by atoms with E-state index in [1.165, 1.54) is 4.90 Å². The fourth-order valence-corrected chi connectivity index (χ4v) is 3.46. The molecular formula is C23H26N2O5. The number of benzene rings is 1. The van der Waals surface area contributed by atoms with E-state index in [1.54, 1.807) is 55.9 Å². The average Bonchev–Trinajstić information content (AvgIpc) is 3.03. The van der Waals surface area contributed by atoms with Crippen molar-refractivity contribution >= 4 is 17.4 Å². The van der Waals surface area contributed by atoms with Crippen molar-refractivity contribution in [2.75, 3.05) is 26.9 Å². The molecule has 7 nitrogen and oxygen atoms in total. The van der Waals surface area contributed by atoms with E-state index in [1.807, 2.05) is 6.92 Å². The number of Topliss-reactive ketones (excluding diaryl/α,β-unsaturated/α-hetero) is 1. The molecule has 158 valence electrons. The molecule has 2 heterocycles. The number of amides is 1. The summed E-state index contributed by atoms with van der Waals surface area (Å²) in [5.41, 5.74) is 1.17. The fraction of sp³-hybridized carbons (Fsp3) is 0.348. The summed E-state index contributed by atoms with van der Waals surface area (Å²) < 4.78 is 10.6. The van der Waals surface area contributed by atoms with Crippen molar-refractivity contribution in [2.24, 2.45) is 0 Å². The predicted molar refractivity (Wildman–Crippen MR) is 112 cm³/mol. The van der Waals surface area contributed by atoms with Gasteiger partial charge in [-0.15, -0.1) is 0 Å². The first kappa shape index (κ1) is 21.5. The Bertz CT molecular complexity index is 909. The lowest BCUT2D eigenvalue weighted by molar-refractivity contribution is -0.140. The summed E-state index contributed by atoms with van der Waals surface area (Å²) in [6.07, 6.45) is 4.69. The average molecular weight is 410 g/mol. The number of hydrogen-bond donors (Lipinski definition) is 1. The Hall–Kier alpha value is -3.19. The second kappa shape index (κ2) is 10.0. The van der Waals surface area contributed by atoms with Gasteiger partial charge in [-0.2, -0.15) is 0 Å². The van der Waals surface area contributed by atoms with Gasteiger partial charge in [0.1, 0.15) is 11.5 Å². The Balaban J connectivity index is 2.00. The summed E-state index contributed by atoms with van der Waals surface area (Å²) in [6.45, 7) is 3.41. The fourth-order valence-electron chi connectivity index (χ4n) is 3.46. The lowest BCUT2D eigenvalue weighted by atomic mass is 9.96. The largest absolute Gasteiger partial charge is 0.507 e. The topological polar surface area (TPSA) is 89.0 Å². The minimum Gasteiger partial charge on any atom is -0.507 e. The predicted octanol–water partition coefficient (Wildman–Crippen LogP) is 3.33. The molecule has 3 rings (SSSR count). The molecule has 1 saturated heterocycles. The number of carbonyl (C=O) groups is 2. The number of carbonyl (C=O) groups excluding carboxylic acids is 2. The smallest absolute Gasteiger partial charge is 0.295 e. The molecule has 2 aromatic rings.